The number of hydrogen-bond donors (Lipinski definition) is 2. The number of benzene rings is 3. The number of methoxy groups -OCH3 is 2. The molecule has 3 saturated carbocycles. The summed E-state index contributed by atoms with van der Waals surface area (Å²) >= 11 is 0. The number of nitrogens with one attached hydrogen (secondary N) is 1. The molecule has 4 fully saturated rings. The summed E-state index contributed by atoms with van der Waals surface area (Å²) in [5, 5.41) is 12.3. The van der Waals surface area contributed by atoms with Crippen LogP contribution in [-0.2, 0) is 34.2 Å². The summed E-state index contributed by atoms with van der Waals surface area (Å²) in [6.45, 7) is 13.5. The molecule has 2 amide bonds. The van der Waals surface area contributed by atoms with E-state index in [2.05, 4.69) is 46.0 Å². The summed E-state index contributed by atoms with van der Waals surface area (Å²) in [4.78, 5) is 53.2. The maximum absolute atomic E-state index is 13.9. The minimum absolute atomic E-state index is 0.0643. The molecule has 0 radical (unpaired) electrons. The Morgan fingerprint density at radius 1 is 0.737 bits per heavy atom. The van der Waals surface area contributed by atoms with E-state index >= 15 is 0 Å². The molecule has 0 spiro atoms. The number of likely N-dealkylation sites (tertiary alicyclic amines) is 1. The third kappa shape index (κ3) is 12.8. The number of unbranched alkanes of at least 4 members (excludes halogenated alkanes) is 2. The van der Waals surface area contributed by atoms with Crippen molar-refractivity contribution < 1.29 is 48.0 Å². The Morgan fingerprint density at radius 2 is 1.42 bits per heavy atom. The van der Waals surface area contributed by atoms with Crippen LogP contribution in [0.4, 0.5) is 4.79 Å². The zero-order chi connectivity index (χ0) is 54.0. The number of amides is 2. The Kier molecular flexibility index (Phi) is 19.0. The smallest absolute Gasteiger partial charge is 0.407 e. The molecular formula is C64H88N2O10. The molecule has 1 saturated heterocycles. The number of aliphatic carboxylic acids is 1. The van der Waals surface area contributed by atoms with Gasteiger partial charge in [0.15, 0.2) is 0 Å². The van der Waals surface area contributed by atoms with Crippen LogP contribution in [0.15, 0.2) is 90.5 Å². The fourth-order valence-electron chi connectivity index (χ4n) is 15.0. The number of fused-ring (bicyclic) bond motifs is 5. The fourth-order valence-corrected chi connectivity index (χ4v) is 15.0. The van der Waals surface area contributed by atoms with Crippen molar-refractivity contribution in [1.29, 1.82) is 0 Å². The highest BCUT2D eigenvalue weighted by Crippen LogP contribution is 2.67. The lowest BCUT2D eigenvalue weighted by atomic mass is 9.47. The van der Waals surface area contributed by atoms with E-state index in [-0.39, 0.29) is 56.1 Å². The van der Waals surface area contributed by atoms with Crippen molar-refractivity contribution in [2.24, 2.45) is 52.3 Å². The largest absolute Gasteiger partial charge is 0.497 e. The van der Waals surface area contributed by atoms with Crippen LogP contribution in [0.2, 0.25) is 0 Å². The Bertz CT molecular complexity index is 2390. The van der Waals surface area contributed by atoms with Crippen molar-refractivity contribution in [1.82, 2.24) is 10.2 Å². The van der Waals surface area contributed by atoms with Gasteiger partial charge in [0.25, 0.3) is 0 Å². The fraction of sp³-hybridized carbons (Fsp3) is 0.625. The second-order valence-electron chi connectivity index (χ2n) is 24.1. The summed E-state index contributed by atoms with van der Waals surface area (Å²) in [6.07, 6.45) is 16.6. The molecular weight excluding hydrogens is 957 g/mol. The highest BCUT2D eigenvalue weighted by atomic mass is 16.6. The highest BCUT2D eigenvalue weighted by Gasteiger charge is 2.59. The molecule has 3 aromatic carbocycles. The van der Waals surface area contributed by atoms with Crippen molar-refractivity contribution in [2.75, 3.05) is 40.5 Å². The van der Waals surface area contributed by atoms with Crippen LogP contribution in [0.3, 0.4) is 0 Å². The first-order valence-corrected chi connectivity index (χ1v) is 28.9. The van der Waals surface area contributed by atoms with E-state index in [1.54, 1.807) is 19.1 Å². The van der Waals surface area contributed by atoms with E-state index in [4.69, 9.17) is 23.7 Å². The summed E-state index contributed by atoms with van der Waals surface area (Å²) in [5.74, 6) is 3.93. The van der Waals surface area contributed by atoms with Gasteiger partial charge in [-0.05, 0) is 145 Å². The first kappa shape index (κ1) is 56.8. The number of rotatable bonds is 24. The number of carbonyl (C=O) groups excluding carboxylic acids is 3. The summed E-state index contributed by atoms with van der Waals surface area (Å²) in [7, 11) is 3.24. The minimum atomic E-state index is -1.13. The maximum Gasteiger partial charge on any atom is 0.407 e. The van der Waals surface area contributed by atoms with Gasteiger partial charge < -0.3 is 39.0 Å². The highest BCUT2D eigenvalue weighted by molar-refractivity contribution is 5.78. The van der Waals surface area contributed by atoms with Crippen LogP contribution in [0, 0.1) is 52.3 Å². The number of ether oxygens (including phenoxy) is 5. The predicted octanol–water partition coefficient (Wildman–Crippen LogP) is 12.9. The number of carboxylic acid groups (broad SMARTS) is 1. The van der Waals surface area contributed by atoms with Crippen molar-refractivity contribution in [3.8, 4) is 11.5 Å². The quantitative estimate of drug-likeness (QED) is 0.0384. The number of nitrogens with zero attached hydrogens (tertiary/aromatic N) is 1. The molecule has 414 valence electrons. The molecule has 1 heterocycles. The lowest BCUT2D eigenvalue weighted by Crippen LogP contribution is -2.51. The Labute approximate surface area is 453 Å². The van der Waals surface area contributed by atoms with Crippen molar-refractivity contribution in [3.63, 3.8) is 0 Å². The van der Waals surface area contributed by atoms with Crippen LogP contribution >= 0.6 is 0 Å². The van der Waals surface area contributed by atoms with Gasteiger partial charge in [0, 0.05) is 31.8 Å². The van der Waals surface area contributed by atoms with Gasteiger partial charge in [-0.2, -0.15) is 0 Å². The summed E-state index contributed by atoms with van der Waals surface area (Å²) in [5.41, 5.74) is 3.59. The first-order valence-electron chi connectivity index (χ1n) is 28.9. The van der Waals surface area contributed by atoms with Gasteiger partial charge in [-0.25, -0.2) is 4.79 Å². The maximum atomic E-state index is 13.9. The van der Waals surface area contributed by atoms with Gasteiger partial charge in [0.1, 0.15) is 29.3 Å². The van der Waals surface area contributed by atoms with Crippen molar-refractivity contribution in [2.45, 2.75) is 162 Å². The van der Waals surface area contributed by atoms with Gasteiger partial charge in [-0.15, -0.1) is 0 Å². The molecule has 76 heavy (non-hydrogen) atoms. The number of hydrogen-bond acceptors (Lipinski definition) is 9. The van der Waals surface area contributed by atoms with Crippen LogP contribution in [0.1, 0.15) is 160 Å². The van der Waals surface area contributed by atoms with Crippen LogP contribution in [0.25, 0.3) is 0 Å². The number of allylic oxidation sites excluding steroid dienone is 1. The number of alkyl carbamates (subject to hydrolysis) is 1. The zero-order valence-corrected chi connectivity index (χ0v) is 46.7. The van der Waals surface area contributed by atoms with Crippen LogP contribution in [0.5, 0.6) is 11.5 Å². The van der Waals surface area contributed by atoms with E-state index in [0.717, 1.165) is 77.9 Å². The van der Waals surface area contributed by atoms with Gasteiger partial charge in [0.05, 0.1) is 40.2 Å². The Hall–Kier alpha value is -5.36. The second-order valence-corrected chi connectivity index (χ2v) is 24.1. The first-order chi connectivity index (χ1) is 36.6. The Balaban J connectivity index is 0.827. The van der Waals surface area contributed by atoms with E-state index < -0.39 is 29.6 Å². The van der Waals surface area contributed by atoms with Gasteiger partial charge in [-0.3, -0.25) is 14.4 Å². The number of esters is 1. The lowest BCUT2D eigenvalue weighted by Gasteiger charge is -2.58. The molecule has 4 aliphatic carbocycles. The van der Waals surface area contributed by atoms with Gasteiger partial charge in [-0.1, -0.05) is 127 Å². The SMILES string of the molecule is COc1ccc(C(OCC2CN(C(=O)CCCCCNC(=O)OC3CC[C@@]4(C)C(=CCC5C4CC[C@@]4(C)C5CC[C@@H]4C(C)CCCC(C)C)C3)CC2OC(=O)CCC(=O)O)(c2ccccc2)c2ccc(OC)cc2)cc1. The molecule has 3 aromatic rings. The van der Waals surface area contributed by atoms with Gasteiger partial charge in [0.2, 0.25) is 5.91 Å². The molecule has 0 bridgehead atoms. The number of carboxylic acids is 1. The van der Waals surface area contributed by atoms with E-state index in [1.807, 2.05) is 78.9 Å². The van der Waals surface area contributed by atoms with Crippen molar-refractivity contribution in [3.05, 3.63) is 107 Å². The molecule has 10 atom stereocenters. The normalized spacial score (nSPS) is 27.3. The number of carbonyl (C=O) groups is 4. The molecule has 0 aromatic heterocycles. The average molecular weight is 1050 g/mol. The Morgan fingerprint density at radius 3 is 2.08 bits per heavy atom. The van der Waals surface area contributed by atoms with Crippen LogP contribution < -0.4 is 14.8 Å². The molecule has 1 aliphatic heterocycles. The summed E-state index contributed by atoms with van der Waals surface area (Å²) in [6, 6.07) is 25.3. The lowest BCUT2D eigenvalue weighted by molar-refractivity contribution is -0.154. The topological polar surface area (TPSA) is 150 Å². The molecule has 2 N–H and O–H groups in total. The molecule has 7 unspecified atom stereocenters. The molecule has 8 rings (SSSR count). The second kappa shape index (κ2) is 25.4. The molecule has 5 aliphatic rings. The van der Waals surface area contributed by atoms with E-state index in [1.165, 1.54) is 56.9 Å². The predicted molar refractivity (Wildman–Crippen MR) is 295 cm³/mol. The average Bonchev–Trinajstić information content (AvgIpc) is 4.00. The van der Waals surface area contributed by atoms with Crippen LogP contribution in [-0.4, -0.2) is 86.6 Å². The minimum Gasteiger partial charge on any atom is -0.497 e. The third-order valence-electron chi connectivity index (χ3n) is 19.1. The van der Waals surface area contributed by atoms with E-state index in [0.29, 0.717) is 42.7 Å². The standard InChI is InChI=1S/C64H88N2O10/c1-43(2)15-14-16-44(3)54-30-31-55-53-29-24-49-39-52(34-36-62(49,4)56(53)35-37-63(54,55)5)75-61(71)65-38-13-9-12-19-58(67)66-40-45(57(41-66)76-60(70)33-32-59(68)69)42-74-64(46-17-10-8-11-18-46,47-20-25-50(72-6)26-21-47)48-22-27-51(73-7)28-23-48/h8,10-11,17-18,20-28,43-45,52-57H,9,12-16,19,29-42H2,1-7H3,(H,65,71)(H,68,69)/t44?,45?,52?,53?,54-,55?,56?,57?,62+,63-/m1/s1. The van der Waals surface area contributed by atoms with Gasteiger partial charge >= 0.3 is 18.0 Å². The summed E-state index contributed by atoms with van der Waals surface area (Å²) < 4.78 is 30.2. The van der Waals surface area contributed by atoms with Crippen molar-refractivity contribution >= 4 is 23.9 Å². The van der Waals surface area contributed by atoms with E-state index in [9.17, 15) is 24.3 Å². The third-order valence-corrected chi connectivity index (χ3v) is 19.1. The zero-order valence-electron chi connectivity index (χ0n) is 46.7. The monoisotopic (exact) mass is 1040 g/mol. The molecule has 12 nitrogen and oxygen atoms in total. The molecule has 12 heteroatoms.